The number of rotatable bonds is 3. The van der Waals surface area contributed by atoms with E-state index in [2.05, 4.69) is 31.1 Å². The van der Waals surface area contributed by atoms with E-state index in [4.69, 9.17) is 10.5 Å². The second-order valence-corrected chi connectivity index (χ2v) is 6.74. The Balaban J connectivity index is 1.96. The van der Waals surface area contributed by atoms with E-state index in [1.54, 1.807) is 11.3 Å². The molecule has 2 heterocycles. The largest absolute Gasteiger partial charge is 0.377 e. The molecular weight excluding hydrogens is 232 g/mol. The van der Waals surface area contributed by atoms with Crippen LogP contribution >= 0.6 is 11.3 Å². The van der Waals surface area contributed by atoms with Gasteiger partial charge in [0.05, 0.1) is 16.8 Å². The van der Waals surface area contributed by atoms with Gasteiger partial charge >= 0.3 is 0 Å². The molecule has 2 rings (SSSR count). The number of hydrogen-bond donors (Lipinski definition) is 1. The summed E-state index contributed by atoms with van der Waals surface area (Å²) in [6.45, 7) is 7.42. The van der Waals surface area contributed by atoms with Crippen LogP contribution in [0.4, 0.5) is 0 Å². The molecule has 0 radical (unpaired) electrons. The molecule has 0 bridgehead atoms. The van der Waals surface area contributed by atoms with E-state index in [9.17, 15) is 0 Å². The lowest BCUT2D eigenvalue weighted by atomic mass is 9.93. The van der Waals surface area contributed by atoms with E-state index in [1.165, 1.54) is 0 Å². The molecule has 1 saturated heterocycles. The van der Waals surface area contributed by atoms with Crippen molar-refractivity contribution in [3.8, 4) is 0 Å². The number of hydrogen-bond acceptors (Lipinski definition) is 4. The smallest absolute Gasteiger partial charge is 0.0944 e. The van der Waals surface area contributed by atoms with Crippen LogP contribution in [0.2, 0.25) is 0 Å². The monoisotopic (exact) mass is 254 g/mol. The maximum absolute atomic E-state index is 6.17. The zero-order valence-corrected chi connectivity index (χ0v) is 11.7. The van der Waals surface area contributed by atoms with Crippen molar-refractivity contribution in [3.05, 3.63) is 16.1 Å². The van der Waals surface area contributed by atoms with E-state index < -0.39 is 0 Å². The molecule has 0 spiro atoms. The third-order valence-corrected chi connectivity index (χ3v) is 4.04. The summed E-state index contributed by atoms with van der Waals surface area (Å²) in [5.41, 5.74) is 7.46. The molecule has 0 aliphatic carbocycles. The van der Waals surface area contributed by atoms with Gasteiger partial charge in [0.15, 0.2) is 0 Å². The first kappa shape index (κ1) is 13.0. The van der Waals surface area contributed by atoms with E-state index in [-0.39, 0.29) is 17.6 Å². The zero-order chi connectivity index (χ0) is 12.5. The van der Waals surface area contributed by atoms with E-state index >= 15 is 0 Å². The molecule has 1 fully saturated rings. The van der Waals surface area contributed by atoms with Gasteiger partial charge < -0.3 is 10.5 Å². The molecule has 0 amide bonds. The SMILES string of the molecule is CC(C)(C)c1csc(CC(N)C2CCCO2)n1. The normalized spacial score (nSPS) is 22.9. The summed E-state index contributed by atoms with van der Waals surface area (Å²) in [6.07, 6.45) is 3.31. The third kappa shape index (κ3) is 3.27. The summed E-state index contributed by atoms with van der Waals surface area (Å²) >= 11 is 1.72. The average molecular weight is 254 g/mol. The van der Waals surface area contributed by atoms with Crippen LogP contribution in [0.15, 0.2) is 5.38 Å². The van der Waals surface area contributed by atoms with Crippen molar-refractivity contribution in [2.24, 2.45) is 5.73 Å². The first-order valence-corrected chi connectivity index (χ1v) is 7.17. The summed E-state index contributed by atoms with van der Waals surface area (Å²) in [5.74, 6) is 0. The van der Waals surface area contributed by atoms with Gasteiger partial charge in [-0.3, -0.25) is 0 Å². The molecular formula is C13H22N2OS. The Morgan fingerprint density at radius 1 is 1.59 bits per heavy atom. The van der Waals surface area contributed by atoms with Gasteiger partial charge in [0.25, 0.3) is 0 Å². The lowest BCUT2D eigenvalue weighted by Crippen LogP contribution is -2.36. The summed E-state index contributed by atoms with van der Waals surface area (Å²) in [5, 5.41) is 3.29. The van der Waals surface area contributed by atoms with Gasteiger partial charge in [0, 0.05) is 29.9 Å². The van der Waals surface area contributed by atoms with Gasteiger partial charge in [-0.2, -0.15) is 0 Å². The van der Waals surface area contributed by atoms with Gasteiger partial charge in [-0.1, -0.05) is 20.8 Å². The Hall–Kier alpha value is -0.450. The first-order valence-electron chi connectivity index (χ1n) is 6.29. The molecule has 3 nitrogen and oxygen atoms in total. The van der Waals surface area contributed by atoms with Crippen molar-refractivity contribution >= 4 is 11.3 Å². The molecule has 17 heavy (non-hydrogen) atoms. The molecule has 1 aromatic rings. The fraction of sp³-hybridized carbons (Fsp3) is 0.769. The Labute approximate surface area is 107 Å². The van der Waals surface area contributed by atoms with Crippen molar-refractivity contribution < 1.29 is 4.74 Å². The Morgan fingerprint density at radius 3 is 2.88 bits per heavy atom. The summed E-state index contributed by atoms with van der Waals surface area (Å²) in [7, 11) is 0. The second kappa shape index (κ2) is 5.04. The highest BCUT2D eigenvalue weighted by molar-refractivity contribution is 7.09. The predicted octanol–water partition coefficient (Wildman–Crippen LogP) is 2.49. The van der Waals surface area contributed by atoms with Crippen LogP contribution in [0.25, 0.3) is 0 Å². The minimum atomic E-state index is 0.0940. The minimum Gasteiger partial charge on any atom is -0.377 e. The number of ether oxygens (including phenoxy) is 1. The van der Waals surface area contributed by atoms with Crippen LogP contribution in [0.3, 0.4) is 0 Å². The molecule has 4 heteroatoms. The van der Waals surface area contributed by atoms with Gasteiger partial charge in [-0.05, 0) is 12.8 Å². The fourth-order valence-electron chi connectivity index (χ4n) is 2.02. The van der Waals surface area contributed by atoms with Gasteiger partial charge in [0.1, 0.15) is 0 Å². The maximum Gasteiger partial charge on any atom is 0.0944 e. The van der Waals surface area contributed by atoms with Gasteiger partial charge in [0.2, 0.25) is 0 Å². The van der Waals surface area contributed by atoms with Crippen LogP contribution < -0.4 is 5.73 Å². The quantitative estimate of drug-likeness (QED) is 0.901. The Morgan fingerprint density at radius 2 is 2.35 bits per heavy atom. The van der Waals surface area contributed by atoms with E-state index in [0.29, 0.717) is 0 Å². The van der Waals surface area contributed by atoms with E-state index in [1.807, 2.05) is 0 Å². The van der Waals surface area contributed by atoms with Crippen molar-refractivity contribution in [1.82, 2.24) is 4.98 Å². The van der Waals surface area contributed by atoms with Crippen LogP contribution in [-0.2, 0) is 16.6 Å². The Bertz CT molecular complexity index is 364. The topological polar surface area (TPSA) is 48.1 Å². The van der Waals surface area contributed by atoms with Crippen molar-refractivity contribution in [1.29, 1.82) is 0 Å². The predicted molar refractivity (Wildman–Crippen MR) is 71.5 cm³/mol. The summed E-state index contributed by atoms with van der Waals surface area (Å²) in [4.78, 5) is 4.68. The molecule has 1 aromatic heterocycles. The van der Waals surface area contributed by atoms with Gasteiger partial charge in [-0.15, -0.1) is 11.3 Å². The average Bonchev–Trinajstić information content (AvgIpc) is 2.85. The first-order chi connectivity index (χ1) is 7.97. The van der Waals surface area contributed by atoms with Crippen LogP contribution in [-0.4, -0.2) is 23.7 Å². The zero-order valence-electron chi connectivity index (χ0n) is 10.9. The lowest BCUT2D eigenvalue weighted by molar-refractivity contribution is 0.0900. The fourth-order valence-corrected chi connectivity index (χ4v) is 3.12. The third-order valence-electron chi connectivity index (χ3n) is 3.17. The maximum atomic E-state index is 6.17. The number of nitrogens with two attached hydrogens (primary N) is 1. The number of nitrogens with zero attached hydrogens (tertiary/aromatic N) is 1. The molecule has 1 aliphatic rings. The van der Waals surface area contributed by atoms with Crippen LogP contribution in [0.5, 0.6) is 0 Å². The van der Waals surface area contributed by atoms with Crippen LogP contribution in [0, 0.1) is 0 Å². The molecule has 1 aliphatic heterocycles. The highest BCUT2D eigenvalue weighted by Gasteiger charge is 2.24. The molecule has 96 valence electrons. The number of thiazole rings is 1. The standard InChI is InChI=1S/C13H22N2OS/c1-13(2,3)11-8-17-12(15-11)7-9(14)10-5-4-6-16-10/h8-10H,4-7,14H2,1-3H3. The molecule has 2 N–H and O–H groups in total. The molecule has 0 aromatic carbocycles. The molecule has 2 atom stereocenters. The Kier molecular flexibility index (Phi) is 3.85. The van der Waals surface area contributed by atoms with Crippen molar-refractivity contribution in [2.45, 2.75) is 57.6 Å². The van der Waals surface area contributed by atoms with Crippen molar-refractivity contribution in [2.75, 3.05) is 6.61 Å². The van der Waals surface area contributed by atoms with Crippen molar-refractivity contribution in [3.63, 3.8) is 0 Å². The summed E-state index contributed by atoms with van der Waals surface area (Å²) in [6, 6.07) is 0.0940. The lowest BCUT2D eigenvalue weighted by Gasteiger charge is -2.17. The van der Waals surface area contributed by atoms with Gasteiger partial charge in [-0.25, -0.2) is 4.98 Å². The number of aromatic nitrogens is 1. The highest BCUT2D eigenvalue weighted by atomic mass is 32.1. The van der Waals surface area contributed by atoms with Crippen LogP contribution in [0.1, 0.15) is 44.3 Å². The minimum absolute atomic E-state index is 0.0940. The second-order valence-electron chi connectivity index (χ2n) is 5.80. The molecule has 0 saturated carbocycles. The molecule has 2 unspecified atom stereocenters. The highest BCUT2D eigenvalue weighted by Crippen LogP contribution is 2.25. The summed E-state index contributed by atoms with van der Waals surface area (Å²) < 4.78 is 5.61. The van der Waals surface area contributed by atoms with E-state index in [0.717, 1.165) is 36.6 Å².